The van der Waals surface area contributed by atoms with Crippen molar-refractivity contribution < 1.29 is 4.52 Å². The van der Waals surface area contributed by atoms with E-state index in [9.17, 15) is 0 Å². The van der Waals surface area contributed by atoms with Gasteiger partial charge in [-0.05, 0) is 21.0 Å². The number of aryl methyl sites for hydroxylation is 1. The van der Waals surface area contributed by atoms with E-state index in [1.54, 1.807) is 0 Å². The molecule has 0 N–H and O–H groups in total. The van der Waals surface area contributed by atoms with Crippen molar-refractivity contribution in [1.82, 2.24) is 10.1 Å². The molecule has 0 radical (unpaired) electrons. The lowest BCUT2D eigenvalue weighted by molar-refractivity contribution is 0.347. The van der Waals surface area contributed by atoms with Gasteiger partial charge in [0.05, 0.1) is 5.69 Å². The lowest BCUT2D eigenvalue weighted by Gasteiger charge is -2.05. The van der Waals surface area contributed by atoms with Crippen LogP contribution in [0, 0.1) is 6.92 Å². The number of hydrogen-bond acceptors (Lipinski definition) is 3. The van der Waals surface area contributed by atoms with Crippen LogP contribution in [0.3, 0.4) is 0 Å². The minimum Gasteiger partial charge on any atom is -0.361 e. The molecule has 0 unspecified atom stereocenters. The van der Waals surface area contributed by atoms with Crippen molar-refractivity contribution in [3.8, 4) is 0 Å². The molecule has 0 saturated heterocycles. The molecule has 1 rings (SSSR count). The molecule has 0 aliphatic rings. The van der Waals surface area contributed by atoms with Gasteiger partial charge in [-0.3, -0.25) is 0 Å². The smallest absolute Gasteiger partial charge is 0.138 e. The van der Waals surface area contributed by atoms with E-state index in [2.05, 4.69) is 10.1 Å². The highest BCUT2D eigenvalue weighted by Gasteiger charge is 1.99. The average Bonchev–Trinajstić information content (AvgIpc) is 2.31. The third kappa shape index (κ3) is 2.72. The molecular formula is C8H14N2O. The van der Waals surface area contributed by atoms with Crippen LogP contribution in [0.15, 0.2) is 10.6 Å². The van der Waals surface area contributed by atoms with Gasteiger partial charge in [0.15, 0.2) is 0 Å². The minimum absolute atomic E-state index is 0.938. The van der Waals surface area contributed by atoms with Crippen LogP contribution in [0.2, 0.25) is 0 Å². The van der Waals surface area contributed by atoms with Crippen LogP contribution in [-0.4, -0.2) is 30.7 Å². The topological polar surface area (TPSA) is 29.3 Å². The zero-order valence-corrected chi connectivity index (χ0v) is 7.29. The van der Waals surface area contributed by atoms with Crippen LogP contribution >= 0.6 is 0 Å². The van der Waals surface area contributed by atoms with Crippen molar-refractivity contribution in [2.75, 3.05) is 20.6 Å². The summed E-state index contributed by atoms with van der Waals surface area (Å²) in [7, 11) is 4.09. The number of nitrogens with zero attached hydrogens (tertiary/aromatic N) is 2. The molecule has 3 heteroatoms. The van der Waals surface area contributed by atoms with Crippen LogP contribution in [0.25, 0.3) is 0 Å². The summed E-state index contributed by atoms with van der Waals surface area (Å²) in [6.45, 7) is 2.94. The van der Waals surface area contributed by atoms with E-state index >= 15 is 0 Å². The first kappa shape index (κ1) is 8.27. The largest absolute Gasteiger partial charge is 0.361 e. The molecule has 62 valence electrons. The molecule has 0 fully saturated rings. The Morgan fingerprint density at radius 1 is 1.55 bits per heavy atom. The van der Waals surface area contributed by atoms with Gasteiger partial charge in [0.1, 0.15) is 5.76 Å². The van der Waals surface area contributed by atoms with E-state index < -0.39 is 0 Å². The molecule has 1 heterocycles. The molecule has 0 amide bonds. The van der Waals surface area contributed by atoms with Crippen LogP contribution in [0.1, 0.15) is 11.5 Å². The van der Waals surface area contributed by atoms with Gasteiger partial charge in [-0.1, -0.05) is 5.16 Å². The van der Waals surface area contributed by atoms with E-state index in [0.717, 1.165) is 24.4 Å². The van der Waals surface area contributed by atoms with Gasteiger partial charge in [-0.25, -0.2) is 0 Å². The first-order valence-corrected chi connectivity index (χ1v) is 3.75. The second-order valence-corrected chi connectivity index (χ2v) is 2.99. The molecule has 1 aromatic rings. The van der Waals surface area contributed by atoms with Gasteiger partial charge in [-0.2, -0.15) is 0 Å². The maximum atomic E-state index is 5.04. The second kappa shape index (κ2) is 3.53. The van der Waals surface area contributed by atoms with Crippen LogP contribution in [0.4, 0.5) is 0 Å². The number of rotatable bonds is 3. The van der Waals surface area contributed by atoms with Crippen molar-refractivity contribution in [2.45, 2.75) is 13.3 Å². The highest BCUT2D eigenvalue weighted by atomic mass is 16.5. The molecule has 0 aliphatic heterocycles. The van der Waals surface area contributed by atoms with E-state index in [4.69, 9.17) is 4.52 Å². The SMILES string of the molecule is Cc1cc(CCN(C)C)on1. The average molecular weight is 154 g/mol. The van der Waals surface area contributed by atoms with E-state index in [0.29, 0.717) is 0 Å². The summed E-state index contributed by atoms with van der Waals surface area (Å²) >= 11 is 0. The molecular weight excluding hydrogens is 140 g/mol. The molecule has 0 bridgehead atoms. The quantitative estimate of drug-likeness (QED) is 0.652. The highest BCUT2D eigenvalue weighted by molar-refractivity contribution is 5.03. The molecule has 0 aliphatic carbocycles. The number of likely N-dealkylation sites (N-methyl/N-ethyl adjacent to an activating group) is 1. The molecule has 11 heavy (non-hydrogen) atoms. The summed E-state index contributed by atoms with van der Waals surface area (Å²) in [5.74, 6) is 0.969. The summed E-state index contributed by atoms with van der Waals surface area (Å²) in [5.41, 5.74) is 0.957. The number of hydrogen-bond donors (Lipinski definition) is 0. The standard InChI is InChI=1S/C8H14N2O/c1-7-6-8(11-9-7)4-5-10(2)3/h6H,4-5H2,1-3H3. The van der Waals surface area contributed by atoms with Crippen molar-refractivity contribution in [3.05, 3.63) is 17.5 Å². The first-order chi connectivity index (χ1) is 5.18. The zero-order chi connectivity index (χ0) is 8.27. The fourth-order valence-electron chi connectivity index (χ4n) is 0.868. The van der Waals surface area contributed by atoms with Gasteiger partial charge in [0, 0.05) is 19.0 Å². The van der Waals surface area contributed by atoms with Gasteiger partial charge in [0.25, 0.3) is 0 Å². The zero-order valence-electron chi connectivity index (χ0n) is 7.29. The molecule has 3 nitrogen and oxygen atoms in total. The van der Waals surface area contributed by atoms with E-state index in [-0.39, 0.29) is 0 Å². The summed E-state index contributed by atoms with van der Waals surface area (Å²) in [4.78, 5) is 2.12. The van der Waals surface area contributed by atoms with Crippen LogP contribution < -0.4 is 0 Å². The molecule has 0 aromatic carbocycles. The van der Waals surface area contributed by atoms with Gasteiger partial charge >= 0.3 is 0 Å². The van der Waals surface area contributed by atoms with Crippen molar-refractivity contribution in [3.63, 3.8) is 0 Å². The van der Waals surface area contributed by atoms with Gasteiger partial charge in [0.2, 0.25) is 0 Å². The maximum absolute atomic E-state index is 5.04. The lowest BCUT2D eigenvalue weighted by Crippen LogP contribution is -2.14. The Kier molecular flexibility index (Phi) is 2.65. The molecule has 0 atom stereocenters. The predicted molar refractivity (Wildman–Crippen MR) is 43.5 cm³/mol. The third-order valence-corrected chi connectivity index (χ3v) is 1.48. The van der Waals surface area contributed by atoms with Crippen LogP contribution in [-0.2, 0) is 6.42 Å². The van der Waals surface area contributed by atoms with Crippen molar-refractivity contribution in [2.24, 2.45) is 0 Å². The third-order valence-electron chi connectivity index (χ3n) is 1.48. The minimum atomic E-state index is 0.938. The predicted octanol–water partition coefficient (Wildman–Crippen LogP) is 1.09. The molecule has 0 spiro atoms. The fourth-order valence-corrected chi connectivity index (χ4v) is 0.868. The fraction of sp³-hybridized carbons (Fsp3) is 0.625. The summed E-state index contributed by atoms with van der Waals surface area (Å²) < 4.78 is 5.04. The van der Waals surface area contributed by atoms with E-state index in [1.165, 1.54) is 0 Å². The highest BCUT2D eigenvalue weighted by Crippen LogP contribution is 2.02. The Bertz CT molecular complexity index is 218. The normalized spacial score (nSPS) is 10.9. The number of aromatic nitrogens is 1. The monoisotopic (exact) mass is 154 g/mol. The summed E-state index contributed by atoms with van der Waals surface area (Å²) in [5, 5.41) is 3.80. The first-order valence-electron chi connectivity index (χ1n) is 3.75. The van der Waals surface area contributed by atoms with Crippen LogP contribution in [0.5, 0.6) is 0 Å². The van der Waals surface area contributed by atoms with Crippen molar-refractivity contribution in [1.29, 1.82) is 0 Å². The van der Waals surface area contributed by atoms with Gasteiger partial charge < -0.3 is 9.42 Å². The summed E-state index contributed by atoms with van der Waals surface area (Å²) in [6.07, 6.45) is 0.938. The van der Waals surface area contributed by atoms with E-state index in [1.807, 2.05) is 27.1 Å². The Morgan fingerprint density at radius 3 is 2.73 bits per heavy atom. The summed E-state index contributed by atoms with van der Waals surface area (Å²) in [6, 6.07) is 1.98. The molecule has 0 saturated carbocycles. The maximum Gasteiger partial charge on any atom is 0.138 e. The van der Waals surface area contributed by atoms with Crippen molar-refractivity contribution >= 4 is 0 Å². The lowest BCUT2D eigenvalue weighted by atomic mass is 10.3. The Balaban J connectivity index is 2.39. The second-order valence-electron chi connectivity index (χ2n) is 2.99. The Labute approximate surface area is 67.0 Å². The molecule has 1 aromatic heterocycles. The Hall–Kier alpha value is -0.830. The van der Waals surface area contributed by atoms with Gasteiger partial charge in [-0.15, -0.1) is 0 Å². The Morgan fingerprint density at radius 2 is 2.27 bits per heavy atom.